The quantitative estimate of drug-likeness (QED) is 0.254. The highest BCUT2D eigenvalue weighted by Gasteiger charge is 2.31. The fraction of sp³-hybridized carbons (Fsp3) is 0.424. The summed E-state index contributed by atoms with van der Waals surface area (Å²) >= 11 is 0. The fourth-order valence-electron chi connectivity index (χ4n) is 5.69. The highest BCUT2D eigenvalue weighted by Crippen LogP contribution is 2.45. The van der Waals surface area contributed by atoms with Crippen molar-refractivity contribution < 1.29 is 14.3 Å². The highest BCUT2D eigenvalue weighted by molar-refractivity contribution is 6.08. The Morgan fingerprint density at radius 1 is 1.15 bits per heavy atom. The summed E-state index contributed by atoms with van der Waals surface area (Å²) in [6.07, 6.45) is 1.99. The van der Waals surface area contributed by atoms with Gasteiger partial charge in [0.2, 0.25) is 0 Å². The number of Topliss-reactive ketones (excluding diaryl/α,β-unsaturated/α-hetero) is 1. The average molecular weight is 526 g/mol. The number of fused-ring (bicyclic) bond motifs is 1. The van der Waals surface area contributed by atoms with Crippen molar-refractivity contribution in [2.45, 2.75) is 66.6 Å². The van der Waals surface area contributed by atoms with Crippen LogP contribution in [0.1, 0.15) is 64.3 Å². The van der Waals surface area contributed by atoms with E-state index in [9.17, 15) is 4.79 Å². The van der Waals surface area contributed by atoms with Gasteiger partial charge in [-0.05, 0) is 99.2 Å². The first-order valence-corrected chi connectivity index (χ1v) is 13.8. The lowest BCUT2D eigenvalue weighted by Crippen LogP contribution is -2.27. The van der Waals surface area contributed by atoms with Crippen molar-refractivity contribution >= 4 is 33.4 Å². The number of pyridine rings is 2. The summed E-state index contributed by atoms with van der Waals surface area (Å²) < 4.78 is 12.5. The van der Waals surface area contributed by atoms with Crippen molar-refractivity contribution in [2.24, 2.45) is 5.92 Å². The average Bonchev–Trinajstić information content (AvgIpc) is 2.86. The third kappa shape index (κ3) is 5.22. The minimum Gasteiger partial charge on any atom is -0.493 e. The molecule has 0 spiro atoms. The molecule has 2 aromatic carbocycles. The molecule has 39 heavy (non-hydrogen) atoms. The molecule has 5 rings (SSSR count). The number of rotatable bonds is 7. The van der Waals surface area contributed by atoms with Crippen LogP contribution >= 0.6 is 0 Å². The number of aryl methyl sites for hydroxylation is 1. The molecule has 0 saturated heterocycles. The van der Waals surface area contributed by atoms with Gasteiger partial charge in [-0.1, -0.05) is 13.8 Å². The molecule has 1 aliphatic rings. The Morgan fingerprint density at radius 2 is 1.92 bits per heavy atom. The molecule has 204 valence electrons. The van der Waals surface area contributed by atoms with Crippen molar-refractivity contribution in [3.8, 4) is 16.9 Å². The summed E-state index contributed by atoms with van der Waals surface area (Å²) in [6, 6.07) is 12.5. The SMILES string of the molecule is CC(=O)[C@@H](OC(C)(C)C)c1c(C)cc2nc(N(C)CC(C)C)ccc2c1-c1ccc2c3c(ccnc13)CCO2. The Labute approximate surface area is 231 Å². The summed E-state index contributed by atoms with van der Waals surface area (Å²) in [5.74, 6) is 2.26. The van der Waals surface area contributed by atoms with Crippen LogP contribution in [-0.2, 0) is 16.0 Å². The predicted octanol–water partition coefficient (Wildman–Crippen LogP) is 7.23. The first-order chi connectivity index (χ1) is 18.4. The van der Waals surface area contributed by atoms with Gasteiger partial charge in [0.05, 0.1) is 23.2 Å². The molecule has 6 heteroatoms. The molecular weight excluding hydrogens is 486 g/mol. The monoisotopic (exact) mass is 525 g/mol. The minimum absolute atomic E-state index is 0.0334. The number of benzene rings is 2. The molecule has 3 heterocycles. The van der Waals surface area contributed by atoms with Crippen LogP contribution in [0.15, 0.2) is 42.6 Å². The zero-order valence-corrected chi connectivity index (χ0v) is 24.4. The number of ketones is 1. The van der Waals surface area contributed by atoms with Gasteiger partial charge in [0.1, 0.15) is 17.7 Å². The number of anilines is 1. The fourth-order valence-corrected chi connectivity index (χ4v) is 5.69. The molecule has 4 aromatic rings. The predicted molar refractivity (Wildman–Crippen MR) is 159 cm³/mol. The Balaban J connectivity index is 1.85. The molecule has 0 bridgehead atoms. The Bertz CT molecular complexity index is 1560. The van der Waals surface area contributed by atoms with Crippen LogP contribution in [0.25, 0.3) is 32.9 Å². The number of aromatic nitrogens is 2. The van der Waals surface area contributed by atoms with Gasteiger partial charge in [-0.25, -0.2) is 4.98 Å². The standard InChI is InChI=1S/C33H39N3O3/c1-19(2)18-36(8)27-12-10-23-25(35-27)17-20(3)28(32(21(4)37)39-33(5,6)7)30(23)24-9-11-26-29-22(14-16-38-26)13-15-34-31(24)29/h9-13,15,17,19,32H,14,16,18H2,1-8H3/t32-/m1/s1. The highest BCUT2D eigenvalue weighted by atomic mass is 16.5. The molecule has 6 nitrogen and oxygen atoms in total. The first-order valence-electron chi connectivity index (χ1n) is 13.8. The van der Waals surface area contributed by atoms with E-state index in [1.54, 1.807) is 6.92 Å². The molecule has 0 amide bonds. The molecular formula is C33H39N3O3. The van der Waals surface area contributed by atoms with Crippen LogP contribution in [0.3, 0.4) is 0 Å². The van der Waals surface area contributed by atoms with Crippen LogP contribution < -0.4 is 9.64 Å². The third-order valence-electron chi connectivity index (χ3n) is 7.20. The van der Waals surface area contributed by atoms with E-state index in [1.165, 1.54) is 5.56 Å². The van der Waals surface area contributed by atoms with Gasteiger partial charge in [-0.2, -0.15) is 0 Å². The zero-order valence-electron chi connectivity index (χ0n) is 24.4. The molecule has 0 N–H and O–H groups in total. The summed E-state index contributed by atoms with van der Waals surface area (Å²) in [6.45, 7) is 15.6. The van der Waals surface area contributed by atoms with E-state index in [-0.39, 0.29) is 5.78 Å². The molecule has 0 saturated carbocycles. The summed E-state index contributed by atoms with van der Waals surface area (Å²) in [4.78, 5) is 25.3. The maximum Gasteiger partial charge on any atom is 0.163 e. The molecule has 2 aromatic heterocycles. The Kier molecular flexibility index (Phi) is 7.10. The summed E-state index contributed by atoms with van der Waals surface area (Å²) in [7, 11) is 2.08. The number of carbonyl (C=O) groups is 1. The normalized spacial score (nSPS) is 14.1. The van der Waals surface area contributed by atoms with Crippen molar-refractivity contribution in [3.05, 3.63) is 59.3 Å². The van der Waals surface area contributed by atoms with E-state index >= 15 is 0 Å². The molecule has 1 aliphatic heterocycles. The van der Waals surface area contributed by atoms with Crippen molar-refractivity contribution in [1.82, 2.24) is 9.97 Å². The summed E-state index contributed by atoms with van der Waals surface area (Å²) in [5.41, 5.74) is 6.21. The van der Waals surface area contributed by atoms with E-state index in [0.29, 0.717) is 12.5 Å². The number of carbonyl (C=O) groups excluding carboxylic acids is 1. The minimum atomic E-state index is -0.727. The van der Waals surface area contributed by atoms with E-state index in [4.69, 9.17) is 19.4 Å². The lowest BCUT2D eigenvalue weighted by atomic mass is 9.85. The third-order valence-corrected chi connectivity index (χ3v) is 7.20. The van der Waals surface area contributed by atoms with Gasteiger partial charge in [0, 0.05) is 42.5 Å². The summed E-state index contributed by atoms with van der Waals surface area (Å²) in [5, 5.41) is 2.01. The van der Waals surface area contributed by atoms with Crippen molar-refractivity contribution in [3.63, 3.8) is 0 Å². The molecule has 1 atom stereocenters. The van der Waals surface area contributed by atoms with Crippen LogP contribution in [0.5, 0.6) is 5.75 Å². The number of hydrogen-bond acceptors (Lipinski definition) is 6. The lowest BCUT2D eigenvalue weighted by Gasteiger charge is -2.30. The maximum atomic E-state index is 13.2. The number of nitrogens with zero attached hydrogens (tertiary/aromatic N) is 3. The second-order valence-corrected chi connectivity index (χ2v) is 12.1. The molecule has 0 fully saturated rings. The first kappa shape index (κ1) is 27.1. The topological polar surface area (TPSA) is 64.5 Å². The van der Waals surface area contributed by atoms with Gasteiger partial charge in [0.15, 0.2) is 5.78 Å². The van der Waals surface area contributed by atoms with Crippen molar-refractivity contribution in [1.29, 1.82) is 0 Å². The van der Waals surface area contributed by atoms with E-state index < -0.39 is 11.7 Å². The molecule has 0 radical (unpaired) electrons. The van der Waals surface area contributed by atoms with Gasteiger partial charge < -0.3 is 14.4 Å². The molecule has 0 aliphatic carbocycles. The Morgan fingerprint density at radius 3 is 2.62 bits per heavy atom. The second-order valence-electron chi connectivity index (χ2n) is 12.1. The van der Waals surface area contributed by atoms with Crippen LogP contribution in [0.2, 0.25) is 0 Å². The second kappa shape index (κ2) is 10.2. The van der Waals surface area contributed by atoms with Crippen LogP contribution in [0.4, 0.5) is 5.82 Å². The smallest absolute Gasteiger partial charge is 0.163 e. The Hall–Kier alpha value is -3.51. The van der Waals surface area contributed by atoms with E-state index in [0.717, 1.165) is 68.6 Å². The van der Waals surface area contributed by atoms with Gasteiger partial charge >= 0.3 is 0 Å². The van der Waals surface area contributed by atoms with Crippen molar-refractivity contribution in [2.75, 3.05) is 25.1 Å². The van der Waals surface area contributed by atoms with Gasteiger partial charge in [-0.3, -0.25) is 9.78 Å². The van der Waals surface area contributed by atoms with E-state index in [1.807, 2.05) is 40.0 Å². The van der Waals surface area contributed by atoms with Gasteiger partial charge in [-0.15, -0.1) is 0 Å². The van der Waals surface area contributed by atoms with Crippen LogP contribution in [0, 0.1) is 12.8 Å². The number of ether oxygens (including phenoxy) is 2. The molecule has 0 unspecified atom stereocenters. The van der Waals surface area contributed by atoms with Gasteiger partial charge in [0.25, 0.3) is 0 Å². The lowest BCUT2D eigenvalue weighted by molar-refractivity contribution is -0.138. The largest absolute Gasteiger partial charge is 0.493 e. The zero-order chi connectivity index (χ0) is 28.1. The van der Waals surface area contributed by atoms with E-state index in [2.05, 4.69) is 56.1 Å². The van der Waals surface area contributed by atoms with Crippen LogP contribution in [-0.4, -0.2) is 41.6 Å². The maximum absolute atomic E-state index is 13.2. The number of hydrogen-bond donors (Lipinski definition) is 0.